The van der Waals surface area contributed by atoms with Crippen molar-refractivity contribution in [2.45, 2.75) is 64.2 Å². The summed E-state index contributed by atoms with van der Waals surface area (Å²) in [6.45, 7) is 9.53. The van der Waals surface area contributed by atoms with E-state index in [1.807, 2.05) is 13.2 Å². The first-order chi connectivity index (χ1) is 13.9. The summed E-state index contributed by atoms with van der Waals surface area (Å²) in [6, 6.07) is 0.239. The molecule has 0 saturated carbocycles. The number of amides is 1. The van der Waals surface area contributed by atoms with E-state index in [2.05, 4.69) is 38.9 Å². The summed E-state index contributed by atoms with van der Waals surface area (Å²) in [5.41, 5.74) is 6.04. The van der Waals surface area contributed by atoms with E-state index in [1.165, 1.54) is 0 Å². The Hall–Kier alpha value is -1.24. The number of nitrogens with one attached hydrogen (secondary N) is 1. The van der Waals surface area contributed by atoms with E-state index in [1.54, 1.807) is 16.7 Å². The van der Waals surface area contributed by atoms with Gasteiger partial charge in [0, 0.05) is 38.6 Å². The third-order valence-corrected chi connectivity index (χ3v) is 5.40. The molecule has 1 aromatic heterocycles. The maximum Gasteiger partial charge on any atom is 0.409 e. The number of aliphatic imine (C=N–C) groups is 1. The van der Waals surface area contributed by atoms with Crippen LogP contribution >= 0.6 is 35.7 Å². The van der Waals surface area contributed by atoms with E-state index in [0.717, 1.165) is 43.2 Å². The van der Waals surface area contributed by atoms with E-state index in [9.17, 15) is 4.79 Å². The molecule has 1 fully saturated rings. The molecule has 3 N–H and O–H groups in total. The van der Waals surface area contributed by atoms with Gasteiger partial charge in [-0.05, 0) is 38.4 Å². The van der Waals surface area contributed by atoms with Gasteiger partial charge in [0.25, 0.3) is 0 Å². The molecule has 1 aliphatic rings. The van der Waals surface area contributed by atoms with Crippen LogP contribution in [0.5, 0.6) is 0 Å². The van der Waals surface area contributed by atoms with Gasteiger partial charge in [0.2, 0.25) is 0 Å². The van der Waals surface area contributed by atoms with Crippen LogP contribution < -0.4 is 11.1 Å². The molecule has 1 amide bonds. The second-order valence-corrected chi connectivity index (χ2v) is 8.36. The number of carbonyl (C=O) groups excluding carboxylic acids is 1. The van der Waals surface area contributed by atoms with Gasteiger partial charge in [0.1, 0.15) is 5.82 Å². The maximum atomic E-state index is 11.7. The second-order valence-electron chi connectivity index (χ2n) is 7.58. The Bertz CT molecular complexity index is 676. The van der Waals surface area contributed by atoms with Crippen molar-refractivity contribution >= 4 is 47.8 Å². The third kappa shape index (κ3) is 8.48. The number of piperidine rings is 1. The fourth-order valence-electron chi connectivity index (χ4n) is 3.32. The first kappa shape index (κ1) is 26.8. The van der Waals surface area contributed by atoms with Crippen LogP contribution in [0.2, 0.25) is 0 Å². The fraction of sp³-hybridized carbons (Fsp3) is 0.789. The minimum absolute atomic E-state index is 0. The number of nitrogens with two attached hydrogens (primary N) is 1. The number of aromatic nitrogens is 3. The minimum Gasteiger partial charge on any atom is -0.450 e. The van der Waals surface area contributed by atoms with Crippen LogP contribution in [0.25, 0.3) is 0 Å². The van der Waals surface area contributed by atoms with E-state index in [-0.39, 0.29) is 36.1 Å². The number of carbonyl (C=O) groups is 1. The molecule has 1 saturated heterocycles. The van der Waals surface area contributed by atoms with Gasteiger partial charge >= 0.3 is 6.09 Å². The Morgan fingerprint density at radius 2 is 2.07 bits per heavy atom. The minimum atomic E-state index is -0.234. The number of halogens is 1. The van der Waals surface area contributed by atoms with Crippen LogP contribution in [0.1, 0.15) is 45.9 Å². The van der Waals surface area contributed by atoms with Crippen LogP contribution in [0, 0.1) is 5.92 Å². The number of rotatable bonds is 9. The van der Waals surface area contributed by atoms with Crippen molar-refractivity contribution in [1.82, 2.24) is 25.0 Å². The summed E-state index contributed by atoms with van der Waals surface area (Å²) >= 11 is 1.63. The molecule has 9 nitrogen and oxygen atoms in total. The van der Waals surface area contributed by atoms with Gasteiger partial charge in [0.05, 0.1) is 6.61 Å². The lowest BCUT2D eigenvalue weighted by molar-refractivity contribution is 0.0963. The molecule has 0 aliphatic carbocycles. The number of ether oxygens (including phenoxy) is 1. The van der Waals surface area contributed by atoms with E-state index in [0.29, 0.717) is 38.1 Å². The van der Waals surface area contributed by atoms with E-state index in [4.69, 9.17) is 10.5 Å². The number of hydrogen-bond acceptors (Lipinski definition) is 6. The molecule has 0 atom stereocenters. The quantitative estimate of drug-likeness (QED) is 0.159. The second kappa shape index (κ2) is 13.9. The van der Waals surface area contributed by atoms with Gasteiger partial charge in [0.15, 0.2) is 11.1 Å². The molecule has 1 aromatic rings. The number of aryl methyl sites for hydroxylation is 1. The van der Waals surface area contributed by atoms with Crippen molar-refractivity contribution in [2.24, 2.45) is 16.6 Å². The van der Waals surface area contributed by atoms with Crippen LogP contribution in [0.4, 0.5) is 4.79 Å². The lowest BCUT2D eigenvalue weighted by atomic mass is 10.1. The zero-order chi connectivity index (χ0) is 21.2. The Labute approximate surface area is 201 Å². The van der Waals surface area contributed by atoms with Crippen molar-refractivity contribution in [1.29, 1.82) is 0 Å². The highest BCUT2D eigenvalue weighted by Gasteiger charge is 2.23. The molecule has 172 valence electrons. The summed E-state index contributed by atoms with van der Waals surface area (Å²) in [5.74, 6) is 2.02. The van der Waals surface area contributed by atoms with Gasteiger partial charge in [-0.15, -0.1) is 34.2 Å². The summed E-state index contributed by atoms with van der Waals surface area (Å²) in [5, 5.41) is 12.9. The van der Waals surface area contributed by atoms with Crippen LogP contribution in [0.3, 0.4) is 0 Å². The predicted octanol–water partition coefficient (Wildman–Crippen LogP) is 2.73. The Kier molecular flexibility index (Phi) is 12.5. The van der Waals surface area contributed by atoms with Gasteiger partial charge < -0.3 is 25.3 Å². The number of hydrogen-bond donors (Lipinski definition) is 2. The number of nitrogens with zero attached hydrogens (tertiary/aromatic N) is 5. The highest BCUT2D eigenvalue weighted by atomic mass is 127. The zero-order valence-electron chi connectivity index (χ0n) is 18.5. The van der Waals surface area contributed by atoms with E-state index >= 15 is 0 Å². The summed E-state index contributed by atoms with van der Waals surface area (Å²) in [4.78, 5) is 17.9. The molecule has 0 radical (unpaired) electrons. The molecule has 2 rings (SSSR count). The molecule has 2 heterocycles. The Morgan fingerprint density at radius 3 is 2.67 bits per heavy atom. The molecular formula is C19H36IN7O2S. The molecule has 30 heavy (non-hydrogen) atoms. The molecule has 0 spiro atoms. The monoisotopic (exact) mass is 553 g/mol. The molecule has 1 aliphatic heterocycles. The standard InChI is InChI=1S/C19H35N7O2S.HI/c1-5-28-19(27)25-11-8-15(9-12-25)22-17(20)21-10-6-7-16-23-24-18(29-4)26(16)13-14(2)3;/h14-15H,5-13H2,1-4H3,(H3,20,21,22);1H. The molecular weight excluding hydrogens is 517 g/mol. The molecule has 0 unspecified atom stereocenters. The zero-order valence-corrected chi connectivity index (χ0v) is 21.6. The maximum absolute atomic E-state index is 11.7. The average Bonchev–Trinajstić information content (AvgIpc) is 3.07. The average molecular weight is 554 g/mol. The largest absolute Gasteiger partial charge is 0.450 e. The number of likely N-dealkylation sites (tertiary alicyclic amines) is 1. The topological polar surface area (TPSA) is 111 Å². The first-order valence-electron chi connectivity index (χ1n) is 10.4. The smallest absolute Gasteiger partial charge is 0.409 e. The van der Waals surface area contributed by atoms with Crippen LogP contribution in [-0.4, -0.2) is 70.3 Å². The van der Waals surface area contributed by atoms with Crippen molar-refractivity contribution in [3.63, 3.8) is 0 Å². The lowest BCUT2D eigenvalue weighted by Crippen LogP contribution is -2.48. The van der Waals surface area contributed by atoms with Crippen molar-refractivity contribution in [3.05, 3.63) is 5.82 Å². The van der Waals surface area contributed by atoms with Gasteiger partial charge in [-0.1, -0.05) is 25.6 Å². The highest BCUT2D eigenvalue weighted by Crippen LogP contribution is 2.17. The van der Waals surface area contributed by atoms with Crippen LogP contribution in [0.15, 0.2) is 10.1 Å². The predicted molar refractivity (Wildman–Crippen MR) is 132 cm³/mol. The van der Waals surface area contributed by atoms with E-state index < -0.39 is 0 Å². The molecule has 0 aromatic carbocycles. The molecule has 0 bridgehead atoms. The van der Waals surface area contributed by atoms with Crippen molar-refractivity contribution < 1.29 is 9.53 Å². The third-order valence-electron chi connectivity index (χ3n) is 4.74. The number of thioether (sulfide) groups is 1. The summed E-state index contributed by atoms with van der Waals surface area (Å²) in [7, 11) is 0. The lowest BCUT2D eigenvalue weighted by Gasteiger charge is -2.31. The number of guanidine groups is 1. The highest BCUT2D eigenvalue weighted by molar-refractivity contribution is 14.0. The molecule has 11 heteroatoms. The summed E-state index contributed by atoms with van der Waals surface area (Å²) in [6.07, 6.45) is 5.17. The van der Waals surface area contributed by atoms with Gasteiger partial charge in [-0.3, -0.25) is 4.99 Å². The van der Waals surface area contributed by atoms with Crippen molar-refractivity contribution in [3.8, 4) is 0 Å². The van der Waals surface area contributed by atoms with Gasteiger partial charge in [-0.2, -0.15) is 0 Å². The Balaban J connectivity index is 0.00000450. The fourth-order valence-corrected chi connectivity index (χ4v) is 3.84. The normalized spacial score (nSPS) is 15.2. The SMILES string of the molecule is CCOC(=O)N1CCC(NC(N)=NCCCc2nnc(SC)n2CC(C)C)CC1.I. The van der Waals surface area contributed by atoms with Crippen LogP contribution in [-0.2, 0) is 17.7 Å². The summed E-state index contributed by atoms with van der Waals surface area (Å²) < 4.78 is 7.25. The van der Waals surface area contributed by atoms with Crippen molar-refractivity contribution in [2.75, 3.05) is 32.5 Å². The Morgan fingerprint density at radius 1 is 1.37 bits per heavy atom. The van der Waals surface area contributed by atoms with Gasteiger partial charge in [-0.25, -0.2) is 4.79 Å². The first-order valence-corrected chi connectivity index (χ1v) is 11.6.